The zero-order valence-corrected chi connectivity index (χ0v) is 13.8. The van der Waals surface area contributed by atoms with Crippen LogP contribution in [0.5, 0.6) is 0 Å². The number of H-pyrrole nitrogens is 1. The number of benzene rings is 1. The van der Waals surface area contributed by atoms with Crippen LogP contribution in [0.15, 0.2) is 48.8 Å². The SMILES string of the molecule is Nc1nccc2nc(NCc3ccc(F)cc3)nc(Cc3ccn[nH]3)c12. The molecule has 8 heteroatoms. The highest BCUT2D eigenvalue weighted by molar-refractivity contribution is 5.90. The van der Waals surface area contributed by atoms with Crippen molar-refractivity contribution in [3.63, 3.8) is 0 Å². The van der Waals surface area contributed by atoms with Crippen molar-refractivity contribution in [3.05, 3.63) is 71.6 Å². The summed E-state index contributed by atoms with van der Waals surface area (Å²) in [7, 11) is 0. The predicted molar refractivity (Wildman–Crippen MR) is 96.9 cm³/mol. The molecule has 0 bridgehead atoms. The van der Waals surface area contributed by atoms with Gasteiger partial charge in [0.1, 0.15) is 11.6 Å². The van der Waals surface area contributed by atoms with Crippen LogP contribution in [0.2, 0.25) is 0 Å². The van der Waals surface area contributed by atoms with Crippen molar-refractivity contribution in [3.8, 4) is 0 Å². The molecule has 0 saturated carbocycles. The van der Waals surface area contributed by atoms with Gasteiger partial charge in [-0.3, -0.25) is 5.10 Å². The third-order valence-corrected chi connectivity index (χ3v) is 3.99. The number of nitrogen functional groups attached to an aromatic ring is 1. The van der Waals surface area contributed by atoms with E-state index < -0.39 is 0 Å². The lowest BCUT2D eigenvalue weighted by molar-refractivity contribution is 0.627. The van der Waals surface area contributed by atoms with Gasteiger partial charge in [-0.25, -0.2) is 19.3 Å². The van der Waals surface area contributed by atoms with Crippen molar-refractivity contribution >= 4 is 22.7 Å². The van der Waals surface area contributed by atoms with Crippen LogP contribution in [0.4, 0.5) is 16.2 Å². The third kappa shape index (κ3) is 3.30. The van der Waals surface area contributed by atoms with Gasteiger partial charge in [-0.05, 0) is 29.8 Å². The second-order valence-corrected chi connectivity index (χ2v) is 5.82. The lowest BCUT2D eigenvalue weighted by Gasteiger charge is -2.11. The highest BCUT2D eigenvalue weighted by Crippen LogP contribution is 2.24. The van der Waals surface area contributed by atoms with E-state index in [4.69, 9.17) is 5.73 Å². The second-order valence-electron chi connectivity index (χ2n) is 5.82. The molecular formula is C18H16FN7. The lowest BCUT2D eigenvalue weighted by Crippen LogP contribution is -2.08. The Balaban J connectivity index is 1.67. The summed E-state index contributed by atoms with van der Waals surface area (Å²) >= 11 is 0. The Hall–Kier alpha value is -3.55. The van der Waals surface area contributed by atoms with E-state index >= 15 is 0 Å². The lowest BCUT2D eigenvalue weighted by atomic mass is 10.1. The van der Waals surface area contributed by atoms with Crippen LogP contribution in [0.3, 0.4) is 0 Å². The fraction of sp³-hybridized carbons (Fsp3) is 0.111. The van der Waals surface area contributed by atoms with Crippen molar-refractivity contribution in [2.24, 2.45) is 0 Å². The highest BCUT2D eigenvalue weighted by Gasteiger charge is 2.12. The number of rotatable bonds is 5. The molecule has 26 heavy (non-hydrogen) atoms. The molecule has 4 N–H and O–H groups in total. The minimum absolute atomic E-state index is 0.263. The quantitative estimate of drug-likeness (QED) is 0.511. The van der Waals surface area contributed by atoms with E-state index in [2.05, 4.69) is 30.5 Å². The maximum absolute atomic E-state index is 13.0. The molecule has 0 spiro atoms. The van der Waals surface area contributed by atoms with Crippen LogP contribution >= 0.6 is 0 Å². The van der Waals surface area contributed by atoms with Crippen LogP contribution in [-0.2, 0) is 13.0 Å². The van der Waals surface area contributed by atoms with Crippen molar-refractivity contribution in [1.29, 1.82) is 0 Å². The Morgan fingerprint density at radius 2 is 1.88 bits per heavy atom. The molecule has 1 aromatic carbocycles. The van der Waals surface area contributed by atoms with Crippen LogP contribution in [0, 0.1) is 5.82 Å². The van der Waals surface area contributed by atoms with Crippen LogP contribution in [-0.4, -0.2) is 25.1 Å². The molecule has 0 aliphatic heterocycles. The molecule has 0 amide bonds. The maximum atomic E-state index is 13.0. The topological polar surface area (TPSA) is 105 Å². The largest absolute Gasteiger partial charge is 0.383 e. The van der Waals surface area contributed by atoms with Gasteiger partial charge in [0.05, 0.1) is 16.6 Å². The van der Waals surface area contributed by atoms with Crippen molar-refractivity contribution < 1.29 is 4.39 Å². The zero-order chi connectivity index (χ0) is 17.9. The summed E-state index contributed by atoms with van der Waals surface area (Å²) in [6, 6.07) is 9.97. The molecule has 3 heterocycles. The van der Waals surface area contributed by atoms with E-state index in [9.17, 15) is 4.39 Å². The van der Waals surface area contributed by atoms with Gasteiger partial charge in [0.2, 0.25) is 5.95 Å². The van der Waals surface area contributed by atoms with Gasteiger partial charge in [-0.15, -0.1) is 0 Å². The summed E-state index contributed by atoms with van der Waals surface area (Å²) in [6.07, 6.45) is 3.84. The minimum atomic E-state index is -0.263. The molecule has 130 valence electrons. The Morgan fingerprint density at radius 3 is 2.65 bits per heavy atom. The average molecular weight is 349 g/mol. The first kappa shape index (κ1) is 15.9. The zero-order valence-electron chi connectivity index (χ0n) is 13.8. The molecule has 0 fully saturated rings. The smallest absolute Gasteiger partial charge is 0.223 e. The molecule has 3 aromatic heterocycles. The number of halogens is 1. The summed E-state index contributed by atoms with van der Waals surface area (Å²) < 4.78 is 13.0. The molecule has 7 nitrogen and oxygen atoms in total. The Kier molecular flexibility index (Phi) is 4.14. The first-order chi connectivity index (χ1) is 12.7. The number of hydrogen-bond donors (Lipinski definition) is 3. The molecule has 4 rings (SSSR count). The second kappa shape index (κ2) is 6.75. The van der Waals surface area contributed by atoms with E-state index in [0.29, 0.717) is 30.2 Å². The summed E-state index contributed by atoms with van der Waals surface area (Å²) in [5.74, 6) is 0.601. The standard InChI is InChI=1S/C18H16FN7/c19-12-3-1-11(2-4-12)10-22-18-24-14-6-7-21-17(20)16(14)15(25-18)9-13-5-8-23-26-13/h1-8H,9-10H2,(H2,20,21)(H,23,26)(H,22,24,25). The molecule has 0 unspecified atom stereocenters. The monoisotopic (exact) mass is 349 g/mol. The van der Waals surface area contributed by atoms with Gasteiger partial charge in [0.15, 0.2) is 0 Å². The first-order valence-electron chi connectivity index (χ1n) is 8.07. The average Bonchev–Trinajstić information content (AvgIpc) is 3.14. The molecule has 0 saturated heterocycles. The Labute approximate surface area is 148 Å². The maximum Gasteiger partial charge on any atom is 0.223 e. The van der Waals surface area contributed by atoms with Crippen molar-refractivity contribution in [2.75, 3.05) is 11.1 Å². The van der Waals surface area contributed by atoms with Crippen LogP contribution in [0.25, 0.3) is 10.9 Å². The number of anilines is 2. The van der Waals surface area contributed by atoms with Gasteiger partial charge in [0, 0.05) is 31.1 Å². The van der Waals surface area contributed by atoms with E-state index in [1.165, 1.54) is 12.1 Å². The van der Waals surface area contributed by atoms with E-state index in [-0.39, 0.29) is 5.82 Å². The molecular weight excluding hydrogens is 333 g/mol. The number of nitrogens with zero attached hydrogens (tertiary/aromatic N) is 4. The number of hydrogen-bond acceptors (Lipinski definition) is 6. The Morgan fingerprint density at radius 1 is 1.04 bits per heavy atom. The van der Waals surface area contributed by atoms with Gasteiger partial charge >= 0.3 is 0 Å². The number of aromatic nitrogens is 5. The fourth-order valence-electron chi connectivity index (χ4n) is 2.73. The van der Waals surface area contributed by atoms with Gasteiger partial charge in [-0.2, -0.15) is 5.10 Å². The fourth-order valence-corrected chi connectivity index (χ4v) is 2.73. The van der Waals surface area contributed by atoms with Gasteiger partial charge in [0.25, 0.3) is 0 Å². The summed E-state index contributed by atoms with van der Waals surface area (Å²) in [5, 5.41) is 10.8. The third-order valence-electron chi connectivity index (χ3n) is 3.99. The van der Waals surface area contributed by atoms with E-state index in [1.54, 1.807) is 30.6 Å². The summed E-state index contributed by atoms with van der Waals surface area (Å²) in [6.45, 7) is 0.482. The molecule has 0 aliphatic carbocycles. The first-order valence-corrected chi connectivity index (χ1v) is 8.07. The highest BCUT2D eigenvalue weighted by atomic mass is 19.1. The number of nitrogens with two attached hydrogens (primary N) is 1. The van der Waals surface area contributed by atoms with Crippen LogP contribution in [0.1, 0.15) is 17.0 Å². The number of aromatic amines is 1. The summed E-state index contributed by atoms with van der Waals surface area (Å²) in [5.41, 5.74) is 9.35. The molecule has 0 aliphatic rings. The van der Waals surface area contributed by atoms with Crippen molar-refractivity contribution in [1.82, 2.24) is 25.1 Å². The van der Waals surface area contributed by atoms with E-state index in [0.717, 1.165) is 22.3 Å². The molecule has 0 radical (unpaired) electrons. The van der Waals surface area contributed by atoms with Crippen LogP contribution < -0.4 is 11.1 Å². The number of nitrogens with one attached hydrogen (secondary N) is 2. The minimum Gasteiger partial charge on any atom is -0.383 e. The van der Waals surface area contributed by atoms with Gasteiger partial charge < -0.3 is 11.1 Å². The summed E-state index contributed by atoms with van der Waals surface area (Å²) in [4.78, 5) is 13.3. The molecule has 4 aromatic rings. The van der Waals surface area contributed by atoms with Crippen molar-refractivity contribution in [2.45, 2.75) is 13.0 Å². The predicted octanol–water partition coefficient (Wildman–Crippen LogP) is 2.67. The van der Waals surface area contributed by atoms with E-state index in [1.807, 2.05) is 6.07 Å². The number of pyridine rings is 1. The van der Waals surface area contributed by atoms with Gasteiger partial charge in [-0.1, -0.05) is 12.1 Å². The Bertz CT molecular complexity index is 1030. The molecule has 0 atom stereocenters. The number of fused-ring (bicyclic) bond motifs is 1. The normalized spacial score (nSPS) is 11.0.